The number of aryl methyl sites for hydroxylation is 1. The highest BCUT2D eigenvalue weighted by Crippen LogP contribution is 2.35. The Hall–Kier alpha value is -3.00. The van der Waals surface area contributed by atoms with E-state index in [9.17, 15) is 18.4 Å². The summed E-state index contributed by atoms with van der Waals surface area (Å²) in [5.41, 5.74) is 2.22. The molecule has 3 aromatic rings. The summed E-state index contributed by atoms with van der Waals surface area (Å²) in [6.07, 6.45) is -0.0868. The molecule has 4 rings (SSSR count). The molecule has 1 atom stereocenters. The molecule has 1 aromatic heterocycles. The molecule has 0 fully saturated rings. The fourth-order valence-corrected chi connectivity index (χ4v) is 4.13. The van der Waals surface area contributed by atoms with E-state index in [-0.39, 0.29) is 29.3 Å². The van der Waals surface area contributed by atoms with Gasteiger partial charge < -0.3 is 10.3 Å². The van der Waals surface area contributed by atoms with Crippen LogP contribution in [0.5, 0.6) is 0 Å². The number of H-pyrrole nitrogens is 1. The lowest BCUT2D eigenvalue weighted by Gasteiger charge is -2.24. The highest BCUT2D eigenvalue weighted by molar-refractivity contribution is 7.98. The lowest BCUT2D eigenvalue weighted by atomic mass is 9.87. The van der Waals surface area contributed by atoms with Crippen molar-refractivity contribution in [1.29, 1.82) is 0 Å². The van der Waals surface area contributed by atoms with Crippen LogP contribution in [0.4, 0.5) is 14.6 Å². The lowest BCUT2D eigenvalue weighted by molar-refractivity contribution is -0.116. The van der Waals surface area contributed by atoms with E-state index in [2.05, 4.69) is 15.3 Å². The van der Waals surface area contributed by atoms with Crippen molar-refractivity contribution in [1.82, 2.24) is 9.97 Å². The molecular formula is C21H17F2N3O2S. The fourth-order valence-electron chi connectivity index (χ4n) is 3.32. The number of thioether (sulfide) groups is 1. The molecule has 0 unspecified atom stereocenters. The zero-order valence-corrected chi connectivity index (χ0v) is 16.3. The van der Waals surface area contributed by atoms with Crippen LogP contribution in [0.3, 0.4) is 0 Å². The molecule has 2 N–H and O–H groups in total. The number of aromatic nitrogens is 2. The molecule has 1 aliphatic heterocycles. The van der Waals surface area contributed by atoms with Gasteiger partial charge in [-0.2, -0.15) is 0 Å². The zero-order valence-electron chi connectivity index (χ0n) is 15.5. The second-order valence-corrected chi connectivity index (χ2v) is 7.88. The van der Waals surface area contributed by atoms with Gasteiger partial charge in [0.25, 0.3) is 5.56 Å². The van der Waals surface area contributed by atoms with E-state index in [0.29, 0.717) is 10.9 Å². The standard InChI is InChI=1S/C21H17F2N3O2S/c1-11-2-4-12(5-3-11)10-29-21-25-19-18(20(28)26-21)16(9-17(27)24-19)13-6-14(22)8-15(23)7-13/h2-8,16H,9-10H2,1H3,(H2,24,25,26,27,28)/t16-/m1/s1. The van der Waals surface area contributed by atoms with E-state index in [1.165, 1.54) is 11.8 Å². The molecule has 0 aliphatic carbocycles. The fraction of sp³-hybridized carbons (Fsp3) is 0.190. The zero-order chi connectivity index (χ0) is 20.5. The average molecular weight is 413 g/mol. The Balaban J connectivity index is 1.66. The van der Waals surface area contributed by atoms with Gasteiger partial charge in [-0.25, -0.2) is 13.8 Å². The lowest BCUT2D eigenvalue weighted by Crippen LogP contribution is -2.31. The van der Waals surface area contributed by atoms with Crippen LogP contribution in [0.15, 0.2) is 52.4 Å². The van der Waals surface area contributed by atoms with Gasteiger partial charge in [0.05, 0.1) is 5.56 Å². The summed E-state index contributed by atoms with van der Waals surface area (Å²) in [4.78, 5) is 32.0. The third-order valence-corrected chi connectivity index (χ3v) is 5.66. The molecule has 2 aromatic carbocycles. The minimum atomic E-state index is -0.767. The van der Waals surface area contributed by atoms with E-state index in [1.54, 1.807) is 0 Å². The van der Waals surface area contributed by atoms with Gasteiger partial charge in [-0.15, -0.1) is 0 Å². The largest absolute Gasteiger partial charge is 0.310 e. The van der Waals surface area contributed by atoms with Gasteiger partial charge in [-0.05, 0) is 30.2 Å². The summed E-state index contributed by atoms with van der Waals surface area (Å²) in [6.45, 7) is 2.00. The normalized spacial score (nSPS) is 15.7. The van der Waals surface area contributed by atoms with Gasteiger partial charge in [0.1, 0.15) is 17.5 Å². The third-order valence-electron chi connectivity index (χ3n) is 4.71. The Morgan fingerprint density at radius 3 is 2.48 bits per heavy atom. The Morgan fingerprint density at radius 2 is 1.79 bits per heavy atom. The molecule has 0 saturated heterocycles. The molecule has 5 nitrogen and oxygen atoms in total. The highest BCUT2D eigenvalue weighted by Gasteiger charge is 2.31. The number of rotatable bonds is 4. The first-order valence-corrected chi connectivity index (χ1v) is 9.96. The van der Waals surface area contributed by atoms with Crippen molar-refractivity contribution in [2.24, 2.45) is 0 Å². The Labute approximate surface area is 169 Å². The number of hydrogen-bond donors (Lipinski definition) is 2. The van der Waals surface area contributed by atoms with Crippen LogP contribution in [-0.4, -0.2) is 15.9 Å². The Morgan fingerprint density at radius 1 is 1.10 bits per heavy atom. The molecule has 1 amide bonds. The number of anilines is 1. The number of halogens is 2. The van der Waals surface area contributed by atoms with Crippen molar-refractivity contribution in [3.8, 4) is 0 Å². The Kier molecular flexibility index (Phi) is 5.19. The predicted octanol–water partition coefficient (Wildman–Crippen LogP) is 4.12. The van der Waals surface area contributed by atoms with Crippen LogP contribution < -0.4 is 10.9 Å². The molecule has 2 heterocycles. The van der Waals surface area contributed by atoms with Crippen LogP contribution in [0.2, 0.25) is 0 Å². The molecule has 0 bridgehead atoms. The van der Waals surface area contributed by atoms with Crippen LogP contribution in [-0.2, 0) is 10.5 Å². The number of hydrogen-bond acceptors (Lipinski definition) is 4. The van der Waals surface area contributed by atoms with E-state index >= 15 is 0 Å². The third kappa shape index (κ3) is 4.22. The summed E-state index contributed by atoms with van der Waals surface area (Å²) in [7, 11) is 0. The monoisotopic (exact) mass is 413 g/mol. The molecule has 148 valence electrons. The molecule has 0 saturated carbocycles. The van der Waals surface area contributed by atoms with Gasteiger partial charge in [-0.1, -0.05) is 41.6 Å². The van der Waals surface area contributed by atoms with Crippen molar-refractivity contribution in [2.45, 2.75) is 30.2 Å². The maximum absolute atomic E-state index is 13.7. The van der Waals surface area contributed by atoms with E-state index in [4.69, 9.17) is 0 Å². The number of nitrogens with one attached hydrogen (secondary N) is 2. The van der Waals surface area contributed by atoms with E-state index in [0.717, 1.165) is 29.3 Å². The summed E-state index contributed by atoms with van der Waals surface area (Å²) in [5.74, 6) is -1.93. The SMILES string of the molecule is Cc1ccc(CSc2nc3c(c(=O)[nH]2)[C@@H](c2cc(F)cc(F)c2)CC(=O)N3)cc1. The number of fused-ring (bicyclic) bond motifs is 1. The first kappa shape index (κ1) is 19.3. The summed E-state index contributed by atoms with van der Waals surface area (Å²) in [6, 6.07) is 11.0. The number of nitrogens with zero attached hydrogens (tertiary/aromatic N) is 1. The minimum Gasteiger partial charge on any atom is -0.310 e. The summed E-state index contributed by atoms with van der Waals surface area (Å²) >= 11 is 1.33. The molecule has 0 spiro atoms. The minimum absolute atomic E-state index is 0.0868. The van der Waals surface area contributed by atoms with Crippen molar-refractivity contribution in [3.05, 3.63) is 86.7 Å². The first-order valence-electron chi connectivity index (χ1n) is 8.97. The quantitative estimate of drug-likeness (QED) is 0.498. The van der Waals surface area contributed by atoms with E-state index in [1.807, 2.05) is 31.2 Å². The van der Waals surface area contributed by atoms with Crippen molar-refractivity contribution < 1.29 is 13.6 Å². The second kappa shape index (κ2) is 7.79. The van der Waals surface area contributed by atoms with Crippen molar-refractivity contribution >= 4 is 23.5 Å². The van der Waals surface area contributed by atoms with Crippen LogP contribution in [0, 0.1) is 18.6 Å². The van der Waals surface area contributed by atoms with Crippen LogP contribution >= 0.6 is 11.8 Å². The predicted molar refractivity (Wildman–Crippen MR) is 107 cm³/mol. The number of carbonyl (C=O) groups excluding carboxylic acids is 1. The number of benzene rings is 2. The summed E-state index contributed by atoms with van der Waals surface area (Å²) < 4.78 is 27.3. The first-order chi connectivity index (χ1) is 13.9. The number of carbonyl (C=O) groups is 1. The molecule has 29 heavy (non-hydrogen) atoms. The second-order valence-electron chi connectivity index (χ2n) is 6.92. The maximum Gasteiger partial charge on any atom is 0.257 e. The number of amides is 1. The molecule has 8 heteroatoms. The smallest absolute Gasteiger partial charge is 0.257 e. The number of aromatic amines is 1. The van der Waals surface area contributed by atoms with Crippen molar-refractivity contribution in [2.75, 3.05) is 5.32 Å². The van der Waals surface area contributed by atoms with Gasteiger partial charge in [0.2, 0.25) is 5.91 Å². The topological polar surface area (TPSA) is 74.8 Å². The van der Waals surface area contributed by atoms with Crippen molar-refractivity contribution in [3.63, 3.8) is 0 Å². The van der Waals surface area contributed by atoms with Gasteiger partial charge >= 0.3 is 0 Å². The van der Waals surface area contributed by atoms with Gasteiger partial charge in [-0.3, -0.25) is 9.59 Å². The van der Waals surface area contributed by atoms with Crippen LogP contribution in [0.25, 0.3) is 0 Å². The molecular weight excluding hydrogens is 396 g/mol. The van der Waals surface area contributed by atoms with Crippen LogP contribution in [0.1, 0.15) is 34.6 Å². The van der Waals surface area contributed by atoms with Gasteiger partial charge in [0, 0.05) is 24.2 Å². The average Bonchev–Trinajstić information content (AvgIpc) is 2.66. The van der Waals surface area contributed by atoms with Gasteiger partial charge in [0.15, 0.2) is 5.16 Å². The van der Waals surface area contributed by atoms with E-state index < -0.39 is 23.1 Å². The molecule has 1 aliphatic rings. The summed E-state index contributed by atoms with van der Waals surface area (Å²) in [5, 5.41) is 2.97. The maximum atomic E-state index is 13.7. The molecule has 0 radical (unpaired) electrons. The highest BCUT2D eigenvalue weighted by atomic mass is 32.2. The Bertz CT molecular complexity index is 1130.